The van der Waals surface area contributed by atoms with Gasteiger partial charge in [-0.25, -0.2) is 13.1 Å². The Bertz CT molecular complexity index is 498. The van der Waals surface area contributed by atoms with E-state index in [-0.39, 0.29) is 11.8 Å². The molecule has 1 heterocycles. The Balaban J connectivity index is 1.82. The lowest BCUT2D eigenvalue weighted by Crippen LogP contribution is -2.47. The number of hydrogen-bond acceptors (Lipinski definition) is 4. The number of morpholine rings is 1. The van der Waals surface area contributed by atoms with Gasteiger partial charge < -0.3 is 4.74 Å². The molecule has 0 aromatic heterocycles. The van der Waals surface area contributed by atoms with Crippen LogP contribution in [0, 0.1) is 0 Å². The minimum Gasteiger partial charge on any atom is -0.379 e. The fourth-order valence-corrected chi connectivity index (χ4v) is 3.47. The van der Waals surface area contributed by atoms with E-state index in [0.29, 0.717) is 6.54 Å². The van der Waals surface area contributed by atoms with Crippen LogP contribution in [0.3, 0.4) is 0 Å². The van der Waals surface area contributed by atoms with E-state index >= 15 is 0 Å². The molecule has 0 spiro atoms. The first-order valence-electron chi connectivity index (χ1n) is 6.90. The molecule has 1 aromatic carbocycles. The molecule has 2 rings (SSSR count). The highest BCUT2D eigenvalue weighted by molar-refractivity contribution is 7.88. The highest BCUT2D eigenvalue weighted by Crippen LogP contribution is 2.06. The van der Waals surface area contributed by atoms with Crippen LogP contribution in [-0.4, -0.2) is 52.2 Å². The number of rotatable bonds is 6. The van der Waals surface area contributed by atoms with Gasteiger partial charge in [0.15, 0.2) is 0 Å². The van der Waals surface area contributed by atoms with E-state index in [1.807, 2.05) is 37.3 Å². The predicted octanol–water partition coefficient (Wildman–Crippen LogP) is 0.827. The van der Waals surface area contributed by atoms with Gasteiger partial charge in [-0.1, -0.05) is 30.3 Å². The summed E-state index contributed by atoms with van der Waals surface area (Å²) in [5.41, 5.74) is 0.805. The normalized spacial score (nSPS) is 18.9. The van der Waals surface area contributed by atoms with Gasteiger partial charge in [-0.05, 0) is 12.5 Å². The Labute approximate surface area is 121 Å². The standard InChI is InChI=1S/C14H22N2O3S/c1-13(16-7-9-19-10-8-16)11-15-20(17,18)12-14-5-3-2-4-6-14/h2-6,13,15H,7-12H2,1H3. The third kappa shape index (κ3) is 4.86. The zero-order chi connectivity index (χ0) is 14.4. The lowest BCUT2D eigenvalue weighted by atomic mass is 10.2. The number of hydrogen-bond donors (Lipinski definition) is 1. The molecular formula is C14H22N2O3S. The quantitative estimate of drug-likeness (QED) is 0.845. The smallest absolute Gasteiger partial charge is 0.215 e. The van der Waals surface area contributed by atoms with Gasteiger partial charge in [0.25, 0.3) is 0 Å². The fraction of sp³-hybridized carbons (Fsp3) is 0.571. The molecule has 112 valence electrons. The molecule has 1 aromatic rings. The van der Waals surface area contributed by atoms with Crippen LogP contribution in [0.2, 0.25) is 0 Å². The van der Waals surface area contributed by atoms with Gasteiger partial charge in [0.1, 0.15) is 0 Å². The molecule has 1 N–H and O–H groups in total. The molecule has 0 radical (unpaired) electrons. The Hall–Kier alpha value is -0.950. The van der Waals surface area contributed by atoms with E-state index < -0.39 is 10.0 Å². The lowest BCUT2D eigenvalue weighted by Gasteiger charge is -2.32. The zero-order valence-corrected chi connectivity index (χ0v) is 12.6. The Kier molecular flexibility index (Phi) is 5.54. The Morgan fingerprint density at radius 3 is 2.55 bits per heavy atom. The molecule has 0 saturated carbocycles. The molecule has 1 aliphatic rings. The van der Waals surface area contributed by atoms with Crippen molar-refractivity contribution in [2.75, 3.05) is 32.8 Å². The third-order valence-electron chi connectivity index (χ3n) is 3.47. The van der Waals surface area contributed by atoms with Gasteiger partial charge in [-0.15, -0.1) is 0 Å². The van der Waals surface area contributed by atoms with Crippen LogP contribution in [0.5, 0.6) is 0 Å². The van der Waals surface area contributed by atoms with Crippen molar-refractivity contribution in [3.8, 4) is 0 Å². The summed E-state index contributed by atoms with van der Waals surface area (Å²) in [6.45, 7) is 5.65. The maximum atomic E-state index is 12.0. The molecule has 6 heteroatoms. The van der Waals surface area contributed by atoms with Crippen LogP contribution < -0.4 is 4.72 Å². The highest BCUT2D eigenvalue weighted by atomic mass is 32.2. The monoisotopic (exact) mass is 298 g/mol. The third-order valence-corrected chi connectivity index (χ3v) is 4.79. The minimum atomic E-state index is -3.28. The average molecular weight is 298 g/mol. The molecule has 1 atom stereocenters. The highest BCUT2D eigenvalue weighted by Gasteiger charge is 2.19. The summed E-state index contributed by atoms with van der Waals surface area (Å²) in [6.07, 6.45) is 0. The molecule has 1 saturated heterocycles. The molecule has 1 unspecified atom stereocenters. The summed E-state index contributed by atoms with van der Waals surface area (Å²) in [4.78, 5) is 2.24. The second-order valence-electron chi connectivity index (χ2n) is 5.09. The van der Waals surface area contributed by atoms with Crippen molar-refractivity contribution in [3.05, 3.63) is 35.9 Å². The molecule has 1 fully saturated rings. The summed E-state index contributed by atoms with van der Waals surface area (Å²) >= 11 is 0. The second-order valence-corrected chi connectivity index (χ2v) is 6.90. The number of nitrogens with zero attached hydrogens (tertiary/aromatic N) is 1. The molecule has 5 nitrogen and oxygen atoms in total. The first-order valence-corrected chi connectivity index (χ1v) is 8.55. The van der Waals surface area contributed by atoms with E-state index in [9.17, 15) is 8.42 Å². The van der Waals surface area contributed by atoms with Crippen LogP contribution in [0.15, 0.2) is 30.3 Å². The van der Waals surface area contributed by atoms with E-state index in [1.54, 1.807) is 0 Å². The molecule has 0 bridgehead atoms. The summed E-state index contributed by atoms with van der Waals surface area (Å²) in [5.74, 6) is 0.0314. The van der Waals surface area contributed by atoms with Crippen molar-refractivity contribution in [3.63, 3.8) is 0 Å². The second kappa shape index (κ2) is 7.17. The van der Waals surface area contributed by atoms with Crippen LogP contribution in [0.1, 0.15) is 12.5 Å². The molecular weight excluding hydrogens is 276 g/mol. The number of nitrogens with one attached hydrogen (secondary N) is 1. The van der Waals surface area contributed by atoms with Gasteiger partial charge in [0, 0.05) is 25.7 Å². The van der Waals surface area contributed by atoms with Crippen molar-refractivity contribution in [2.24, 2.45) is 0 Å². The molecule has 0 amide bonds. The van der Waals surface area contributed by atoms with Gasteiger partial charge in [0.05, 0.1) is 19.0 Å². The molecule has 20 heavy (non-hydrogen) atoms. The first kappa shape index (κ1) is 15.4. The maximum Gasteiger partial charge on any atom is 0.215 e. The van der Waals surface area contributed by atoms with Crippen LogP contribution in [-0.2, 0) is 20.5 Å². The topological polar surface area (TPSA) is 58.6 Å². The number of sulfonamides is 1. The van der Waals surface area contributed by atoms with E-state index in [1.165, 1.54) is 0 Å². The first-order chi connectivity index (χ1) is 9.57. The van der Waals surface area contributed by atoms with E-state index in [0.717, 1.165) is 31.9 Å². The number of benzene rings is 1. The van der Waals surface area contributed by atoms with Crippen molar-refractivity contribution < 1.29 is 13.2 Å². The van der Waals surface area contributed by atoms with E-state index in [4.69, 9.17) is 4.74 Å². The van der Waals surface area contributed by atoms with Crippen LogP contribution >= 0.6 is 0 Å². The molecule has 0 aliphatic carbocycles. The lowest BCUT2D eigenvalue weighted by molar-refractivity contribution is 0.0213. The maximum absolute atomic E-state index is 12.0. The van der Waals surface area contributed by atoms with Crippen LogP contribution in [0.4, 0.5) is 0 Å². The van der Waals surface area contributed by atoms with Gasteiger partial charge in [0.2, 0.25) is 10.0 Å². The van der Waals surface area contributed by atoms with Crippen LogP contribution in [0.25, 0.3) is 0 Å². The minimum absolute atomic E-state index is 0.0314. The summed E-state index contributed by atoms with van der Waals surface area (Å²) in [5, 5.41) is 0. The summed E-state index contributed by atoms with van der Waals surface area (Å²) in [7, 11) is -3.28. The zero-order valence-electron chi connectivity index (χ0n) is 11.8. The molecule has 1 aliphatic heterocycles. The van der Waals surface area contributed by atoms with Crippen molar-refractivity contribution in [1.29, 1.82) is 0 Å². The summed E-state index contributed by atoms with van der Waals surface area (Å²) in [6, 6.07) is 9.41. The predicted molar refractivity (Wildman–Crippen MR) is 78.9 cm³/mol. The van der Waals surface area contributed by atoms with Crippen molar-refractivity contribution in [2.45, 2.75) is 18.7 Å². The Morgan fingerprint density at radius 2 is 1.90 bits per heavy atom. The van der Waals surface area contributed by atoms with Gasteiger partial charge in [-0.2, -0.15) is 0 Å². The largest absolute Gasteiger partial charge is 0.379 e. The number of ether oxygens (including phenoxy) is 1. The van der Waals surface area contributed by atoms with Gasteiger partial charge >= 0.3 is 0 Å². The fourth-order valence-electron chi connectivity index (χ4n) is 2.24. The van der Waals surface area contributed by atoms with Crippen molar-refractivity contribution in [1.82, 2.24) is 9.62 Å². The van der Waals surface area contributed by atoms with Gasteiger partial charge in [-0.3, -0.25) is 4.90 Å². The average Bonchev–Trinajstić information content (AvgIpc) is 2.46. The summed E-state index contributed by atoms with van der Waals surface area (Å²) < 4.78 is 32.1. The Morgan fingerprint density at radius 1 is 1.25 bits per heavy atom. The SMILES string of the molecule is CC(CNS(=O)(=O)Cc1ccccc1)N1CCOCC1. The van der Waals surface area contributed by atoms with E-state index in [2.05, 4.69) is 9.62 Å². The van der Waals surface area contributed by atoms with Crippen molar-refractivity contribution >= 4 is 10.0 Å².